The predicted octanol–water partition coefficient (Wildman–Crippen LogP) is 2.51. The van der Waals surface area contributed by atoms with Crippen LogP contribution >= 0.6 is 0 Å². The molecule has 1 aromatic heterocycles. The molecule has 104 valence electrons. The monoisotopic (exact) mass is 260 g/mol. The van der Waals surface area contributed by atoms with E-state index in [0.717, 1.165) is 51.0 Å². The summed E-state index contributed by atoms with van der Waals surface area (Å²) in [7, 11) is 0. The molecule has 0 amide bonds. The average molecular weight is 260 g/mol. The minimum Gasteiger partial charge on any atom is -0.335 e. The molecule has 0 radical (unpaired) electrons. The fourth-order valence-corrected chi connectivity index (χ4v) is 3.36. The van der Waals surface area contributed by atoms with Crippen LogP contribution in [-0.2, 0) is 13.0 Å². The summed E-state index contributed by atoms with van der Waals surface area (Å²) in [4.78, 5) is 4.36. The quantitative estimate of drug-likeness (QED) is 0.855. The Bertz CT molecular complexity index is 445. The zero-order chi connectivity index (χ0) is 13.7. The lowest BCUT2D eigenvalue weighted by atomic mass is 9.86. The van der Waals surface area contributed by atoms with Gasteiger partial charge >= 0.3 is 0 Å². The van der Waals surface area contributed by atoms with E-state index >= 15 is 0 Å². The van der Waals surface area contributed by atoms with Crippen LogP contribution in [0, 0.1) is 17.2 Å². The molecular formula is C15H24N4. The Balaban J connectivity index is 2.00. The van der Waals surface area contributed by atoms with Crippen LogP contribution in [-0.4, -0.2) is 21.6 Å². The summed E-state index contributed by atoms with van der Waals surface area (Å²) in [5.41, 5.74) is -0.290. The van der Waals surface area contributed by atoms with Crippen molar-refractivity contribution in [3.8, 4) is 6.07 Å². The zero-order valence-electron chi connectivity index (χ0n) is 12.0. The number of aryl methyl sites for hydroxylation is 2. The molecule has 1 heterocycles. The van der Waals surface area contributed by atoms with Gasteiger partial charge in [0.25, 0.3) is 0 Å². The van der Waals surface area contributed by atoms with E-state index in [1.54, 1.807) is 0 Å². The van der Waals surface area contributed by atoms with Crippen LogP contribution in [0.3, 0.4) is 0 Å². The third-order valence-corrected chi connectivity index (χ3v) is 4.35. The van der Waals surface area contributed by atoms with E-state index in [2.05, 4.69) is 41.0 Å². The highest BCUT2D eigenvalue weighted by Gasteiger charge is 2.42. The van der Waals surface area contributed by atoms with Gasteiger partial charge in [0.15, 0.2) is 0 Å². The van der Waals surface area contributed by atoms with Gasteiger partial charge in [-0.3, -0.25) is 5.32 Å². The molecule has 4 nitrogen and oxygen atoms in total. The fourth-order valence-electron chi connectivity index (χ4n) is 3.36. The highest BCUT2D eigenvalue weighted by molar-refractivity contribution is 5.14. The van der Waals surface area contributed by atoms with Gasteiger partial charge in [-0.25, -0.2) is 4.98 Å². The molecule has 0 spiro atoms. The van der Waals surface area contributed by atoms with Gasteiger partial charge in [0.2, 0.25) is 0 Å². The lowest BCUT2D eigenvalue weighted by Crippen LogP contribution is -2.47. The number of nitrogens with one attached hydrogen (secondary N) is 1. The number of hydrogen-bond donors (Lipinski definition) is 1. The second-order valence-corrected chi connectivity index (χ2v) is 5.38. The van der Waals surface area contributed by atoms with E-state index in [1.807, 2.05) is 6.20 Å². The molecule has 1 aromatic rings. The van der Waals surface area contributed by atoms with Crippen LogP contribution in [0.25, 0.3) is 0 Å². The summed E-state index contributed by atoms with van der Waals surface area (Å²) in [5, 5.41) is 13.0. The molecule has 2 unspecified atom stereocenters. The van der Waals surface area contributed by atoms with Gasteiger partial charge in [-0.2, -0.15) is 5.26 Å². The zero-order valence-corrected chi connectivity index (χ0v) is 12.0. The van der Waals surface area contributed by atoms with Crippen LogP contribution in [0.5, 0.6) is 0 Å². The molecule has 0 aromatic carbocycles. The first-order valence-corrected chi connectivity index (χ1v) is 7.42. The minimum absolute atomic E-state index is 0.290. The maximum atomic E-state index is 9.54. The van der Waals surface area contributed by atoms with Gasteiger partial charge in [0.05, 0.1) is 6.07 Å². The molecule has 1 aliphatic rings. The Morgan fingerprint density at radius 2 is 2.42 bits per heavy atom. The normalized spacial score (nSPS) is 26.5. The number of hydrogen-bond acceptors (Lipinski definition) is 3. The van der Waals surface area contributed by atoms with Gasteiger partial charge in [-0.05, 0) is 31.7 Å². The number of nitrogens with zero attached hydrogens (tertiary/aromatic N) is 3. The first-order chi connectivity index (χ1) is 9.25. The van der Waals surface area contributed by atoms with Crippen molar-refractivity contribution < 1.29 is 0 Å². The van der Waals surface area contributed by atoms with Gasteiger partial charge in [0, 0.05) is 25.4 Å². The summed E-state index contributed by atoms with van der Waals surface area (Å²) in [6.07, 6.45) is 9.27. The molecule has 0 saturated heterocycles. The van der Waals surface area contributed by atoms with Crippen molar-refractivity contribution in [3.63, 3.8) is 0 Å². The summed E-state index contributed by atoms with van der Waals surface area (Å²) in [6.45, 7) is 6.06. The van der Waals surface area contributed by atoms with Crippen molar-refractivity contribution in [2.45, 2.75) is 58.0 Å². The van der Waals surface area contributed by atoms with E-state index in [1.165, 1.54) is 0 Å². The van der Waals surface area contributed by atoms with Crippen LogP contribution < -0.4 is 5.32 Å². The van der Waals surface area contributed by atoms with Crippen LogP contribution in [0.15, 0.2) is 12.4 Å². The Morgan fingerprint density at radius 3 is 3.11 bits per heavy atom. The molecule has 4 heteroatoms. The Morgan fingerprint density at radius 1 is 1.58 bits per heavy atom. The fraction of sp³-hybridized carbons (Fsp3) is 0.733. The van der Waals surface area contributed by atoms with E-state index in [9.17, 15) is 5.26 Å². The van der Waals surface area contributed by atoms with Crippen molar-refractivity contribution in [2.24, 2.45) is 5.92 Å². The smallest absolute Gasteiger partial charge is 0.109 e. The first-order valence-electron chi connectivity index (χ1n) is 7.42. The maximum Gasteiger partial charge on any atom is 0.109 e. The van der Waals surface area contributed by atoms with E-state index in [0.29, 0.717) is 5.92 Å². The van der Waals surface area contributed by atoms with Gasteiger partial charge in [-0.1, -0.05) is 20.3 Å². The predicted molar refractivity (Wildman–Crippen MR) is 75.6 cm³/mol. The van der Waals surface area contributed by atoms with Crippen molar-refractivity contribution in [1.82, 2.24) is 14.9 Å². The molecular weight excluding hydrogens is 236 g/mol. The molecule has 0 bridgehead atoms. The average Bonchev–Trinajstić information content (AvgIpc) is 3.03. The van der Waals surface area contributed by atoms with Crippen molar-refractivity contribution in [2.75, 3.05) is 6.54 Å². The summed E-state index contributed by atoms with van der Waals surface area (Å²) in [6, 6.07) is 2.55. The van der Waals surface area contributed by atoms with Crippen molar-refractivity contribution in [1.29, 1.82) is 5.26 Å². The number of aromatic nitrogens is 2. The molecule has 1 saturated carbocycles. The second-order valence-electron chi connectivity index (χ2n) is 5.38. The molecule has 19 heavy (non-hydrogen) atoms. The van der Waals surface area contributed by atoms with Crippen LogP contribution in [0.1, 0.15) is 45.4 Å². The second kappa shape index (κ2) is 6.21. The first kappa shape index (κ1) is 14.1. The lowest BCUT2D eigenvalue weighted by molar-refractivity contribution is 0.294. The molecule has 1 N–H and O–H groups in total. The largest absolute Gasteiger partial charge is 0.335 e. The minimum atomic E-state index is -0.290. The van der Waals surface area contributed by atoms with Gasteiger partial charge in [-0.15, -0.1) is 0 Å². The van der Waals surface area contributed by atoms with Crippen molar-refractivity contribution >= 4 is 0 Å². The molecule has 2 atom stereocenters. The molecule has 1 aliphatic carbocycles. The highest BCUT2D eigenvalue weighted by Crippen LogP contribution is 2.37. The Hall–Kier alpha value is -1.34. The summed E-state index contributed by atoms with van der Waals surface area (Å²) < 4.78 is 2.23. The van der Waals surface area contributed by atoms with Gasteiger partial charge < -0.3 is 4.57 Å². The van der Waals surface area contributed by atoms with Crippen LogP contribution in [0.2, 0.25) is 0 Å². The summed E-state index contributed by atoms with van der Waals surface area (Å²) >= 11 is 0. The lowest BCUT2D eigenvalue weighted by Gasteiger charge is -2.29. The highest BCUT2D eigenvalue weighted by atomic mass is 15.1. The van der Waals surface area contributed by atoms with E-state index < -0.39 is 0 Å². The SMILES string of the molecule is CCNC1(C#N)CCCC1CCn1ccnc1CC. The Labute approximate surface area is 115 Å². The van der Waals surface area contributed by atoms with Crippen molar-refractivity contribution in [3.05, 3.63) is 18.2 Å². The Kier molecular flexibility index (Phi) is 4.60. The number of imidazole rings is 1. The standard InChI is InChI=1S/C15H24N4/c1-3-14-17-9-11-19(14)10-7-13-6-5-8-15(13,12-16)18-4-2/h9,11,13,18H,3-8,10H2,1-2H3. The number of rotatable bonds is 6. The number of nitriles is 1. The van der Waals surface area contributed by atoms with Crippen LogP contribution in [0.4, 0.5) is 0 Å². The molecule has 2 rings (SSSR count). The third-order valence-electron chi connectivity index (χ3n) is 4.35. The third kappa shape index (κ3) is 2.82. The van der Waals surface area contributed by atoms with E-state index in [4.69, 9.17) is 0 Å². The molecule has 1 fully saturated rings. The van der Waals surface area contributed by atoms with E-state index in [-0.39, 0.29) is 5.54 Å². The van der Waals surface area contributed by atoms with Gasteiger partial charge in [0.1, 0.15) is 11.4 Å². The topological polar surface area (TPSA) is 53.6 Å². The maximum absolute atomic E-state index is 9.54. The molecule has 0 aliphatic heterocycles. The summed E-state index contributed by atoms with van der Waals surface area (Å²) in [5.74, 6) is 1.61.